The maximum atomic E-state index is 10.7. The van der Waals surface area contributed by atoms with Crippen LogP contribution in [0.15, 0.2) is 18.2 Å². The van der Waals surface area contributed by atoms with Crippen LogP contribution in [0.2, 0.25) is 0 Å². The molecule has 5 heteroatoms. The number of rotatable bonds is 3. The molecule has 1 aromatic carbocycles. The Balaban J connectivity index is 2.57. The summed E-state index contributed by atoms with van der Waals surface area (Å²) in [7, 11) is 3.38. The summed E-state index contributed by atoms with van der Waals surface area (Å²) in [5.41, 5.74) is 1.45. The van der Waals surface area contributed by atoms with Gasteiger partial charge in [0.25, 0.3) is 0 Å². The summed E-state index contributed by atoms with van der Waals surface area (Å²) in [5.74, 6) is -0.145. The highest BCUT2D eigenvalue weighted by molar-refractivity contribution is 5.86. The summed E-state index contributed by atoms with van der Waals surface area (Å²) in [5, 5.41) is 13.8. The van der Waals surface area contributed by atoms with Crippen molar-refractivity contribution in [2.75, 3.05) is 7.11 Å². The van der Waals surface area contributed by atoms with Gasteiger partial charge < -0.3 is 9.84 Å². The van der Waals surface area contributed by atoms with E-state index < -0.39 is 5.97 Å². The number of carbonyl (C=O) groups is 1. The van der Waals surface area contributed by atoms with Crippen molar-refractivity contribution >= 4 is 16.9 Å². The first-order chi connectivity index (χ1) is 7.61. The molecule has 0 unspecified atom stereocenters. The molecule has 5 nitrogen and oxygen atoms in total. The van der Waals surface area contributed by atoms with Crippen LogP contribution in [0.3, 0.4) is 0 Å². The second-order valence-corrected chi connectivity index (χ2v) is 3.52. The van der Waals surface area contributed by atoms with Gasteiger partial charge in [-0.15, -0.1) is 0 Å². The number of carboxylic acids is 1. The molecule has 0 radical (unpaired) electrons. The molecule has 2 aromatic rings. The fourth-order valence-corrected chi connectivity index (χ4v) is 1.71. The monoisotopic (exact) mass is 220 g/mol. The molecule has 84 valence electrons. The Morgan fingerprint density at radius 3 is 2.94 bits per heavy atom. The van der Waals surface area contributed by atoms with E-state index in [1.807, 2.05) is 12.1 Å². The molecule has 1 N–H and O–H groups in total. The van der Waals surface area contributed by atoms with Gasteiger partial charge in [-0.3, -0.25) is 9.48 Å². The first-order valence-electron chi connectivity index (χ1n) is 4.83. The normalized spacial score (nSPS) is 10.6. The van der Waals surface area contributed by atoms with Crippen molar-refractivity contribution in [2.24, 2.45) is 7.05 Å². The number of fused-ring (bicyclic) bond motifs is 1. The lowest BCUT2D eigenvalue weighted by Gasteiger charge is -1.99. The molecule has 0 aliphatic heterocycles. The molecule has 0 saturated carbocycles. The molecule has 0 saturated heterocycles. The van der Waals surface area contributed by atoms with E-state index in [-0.39, 0.29) is 6.42 Å². The topological polar surface area (TPSA) is 64.3 Å². The molecule has 1 aromatic heterocycles. The molecule has 0 fully saturated rings. The van der Waals surface area contributed by atoms with Crippen molar-refractivity contribution in [3.8, 4) is 5.75 Å². The van der Waals surface area contributed by atoms with Crippen molar-refractivity contribution < 1.29 is 14.6 Å². The fourth-order valence-electron chi connectivity index (χ4n) is 1.71. The molecule has 0 spiro atoms. The first-order valence-corrected chi connectivity index (χ1v) is 4.83. The molecule has 2 rings (SSSR count). The zero-order valence-electron chi connectivity index (χ0n) is 9.10. The minimum absolute atomic E-state index is 0.0658. The zero-order chi connectivity index (χ0) is 11.7. The van der Waals surface area contributed by atoms with E-state index in [1.165, 1.54) is 0 Å². The first kappa shape index (κ1) is 10.5. The van der Waals surface area contributed by atoms with Gasteiger partial charge in [0.05, 0.1) is 24.7 Å². The average molecular weight is 220 g/mol. The van der Waals surface area contributed by atoms with Crippen LogP contribution in [0, 0.1) is 0 Å². The third kappa shape index (κ3) is 1.71. The van der Waals surface area contributed by atoms with Crippen LogP contribution in [0.1, 0.15) is 5.69 Å². The SMILES string of the molecule is COc1ccc2c(CC(=O)O)nn(C)c2c1. The van der Waals surface area contributed by atoms with Gasteiger partial charge in [-0.25, -0.2) is 0 Å². The zero-order valence-corrected chi connectivity index (χ0v) is 9.10. The quantitative estimate of drug-likeness (QED) is 0.844. The van der Waals surface area contributed by atoms with E-state index in [1.54, 1.807) is 24.9 Å². The van der Waals surface area contributed by atoms with Crippen LogP contribution >= 0.6 is 0 Å². The van der Waals surface area contributed by atoms with E-state index in [0.717, 1.165) is 16.7 Å². The van der Waals surface area contributed by atoms with Crippen LogP contribution in [-0.2, 0) is 18.3 Å². The van der Waals surface area contributed by atoms with E-state index in [9.17, 15) is 4.79 Å². The Labute approximate surface area is 92.2 Å². The van der Waals surface area contributed by atoms with Gasteiger partial charge in [-0.05, 0) is 12.1 Å². The lowest BCUT2D eigenvalue weighted by molar-refractivity contribution is -0.136. The summed E-state index contributed by atoms with van der Waals surface area (Å²) in [6.07, 6.45) is -0.0658. The number of benzene rings is 1. The summed E-state index contributed by atoms with van der Waals surface area (Å²) in [6.45, 7) is 0. The fraction of sp³-hybridized carbons (Fsp3) is 0.273. The summed E-state index contributed by atoms with van der Waals surface area (Å²) >= 11 is 0. The van der Waals surface area contributed by atoms with Gasteiger partial charge >= 0.3 is 5.97 Å². The predicted octanol–water partition coefficient (Wildman–Crippen LogP) is 1.21. The molecule has 0 atom stereocenters. The maximum absolute atomic E-state index is 10.7. The number of carboxylic acid groups (broad SMARTS) is 1. The van der Waals surface area contributed by atoms with Crippen molar-refractivity contribution in [3.05, 3.63) is 23.9 Å². The van der Waals surface area contributed by atoms with E-state index in [2.05, 4.69) is 5.10 Å². The van der Waals surface area contributed by atoms with E-state index >= 15 is 0 Å². The number of hydrogen-bond donors (Lipinski definition) is 1. The van der Waals surface area contributed by atoms with Crippen molar-refractivity contribution in [1.29, 1.82) is 0 Å². The molecular formula is C11H12N2O3. The van der Waals surface area contributed by atoms with Crippen LogP contribution in [0.5, 0.6) is 5.75 Å². The number of methoxy groups -OCH3 is 1. The highest BCUT2D eigenvalue weighted by atomic mass is 16.5. The lowest BCUT2D eigenvalue weighted by atomic mass is 10.1. The van der Waals surface area contributed by atoms with Crippen molar-refractivity contribution in [1.82, 2.24) is 9.78 Å². The molecule has 0 bridgehead atoms. The van der Waals surface area contributed by atoms with Crippen molar-refractivity contribution in [3.63, 3.8) is 0 Å². The summed E-state index contributed by atoms with van der Waals surface area (Å²) < 4.78 is 6.77. The summed E-state index contributed by atoms with van der Waals surface area (Å²) in [4.78, 5) is 10.7. The second kappa shape index (κ2) is 3.84. The molecule has 0 aliphatic rings. The highest BCUT2D eigenvalue weighted by Gasteiger charge is 2.12. The Morgan fingerprint density at radius 1 is 1.56 bits per heavy atom. The number of ether oxygens (including phenoxy) is 1. The average Bonchev–Trinajstić information content (AvgIpc) is 2.54. The standard InChI is InChI=1S/C11H12N2O3/c1-13-10-5-7(16-2)3-4-8(10)9(12-13)6-11(14)15/h3-5H,6H2,1-2H3,(H,14,15). The third-order valence-electron chi connectivity index (χ3n) is 2.45. The van der Waals surface area contributed by atoms with Gasteiger partial charge in [0, 0.05) is 18.5 Å². The molecule has 0 amide bonds. The van der Waals surface area contributed by atoms with Gasteiger partial charge in [-0.1, -0.05) is 0 Å². The highest BCUT2D eigenvalue weighted by Crippen LogP contribution is 2.23. The Bertz CT molecular complexity index is 545. The summed E-state index contributed by atoms with van der Waals surface area (Å²) in [6, 6.07) is 5.47. The van der Waals surface area contributed by atoms with Gasteiger partial charge in [0.15, 0.2) is 0 Å². The molecule has 16 heavy (non-hydrogen) atoms. The van der Waals surface area contributed by atoms with Crippen LogP contribution in [0.4, 0.5) is 0 Å². The molecule has 0 aliphatic carbocycles. The number of nitrogens with zero attached hydrogens (tertiary/aromatic N) is 2. The Kier molecular flexibility index (Phi) is 2.52. The number of hydrogen-bond acceptors (Lipinski definition) is 3. The minimum Gasteiger partial charge on any atom is -0.497 e. The smallest absolute Gasteiger partial charge is 0.309 e. The van der Waals surface area contributed by atoms with Crippen molar-refractivity contribution in [2.45, 2.75) is 6.42 Å². The maximum Gasteiger partial charge on any atom is 0.309 e. The van der Waals surface area contributed by atoms with Gasteiger partial charge in [0.2, 0.25) is 0 Å². The second-order valence-electron chi connectivity index (χ2n) is 3.52. The van der Waals surface area contributed by atoms with Crippen LogP contribution in [0.25, 0.3) is 10.9 Å². The van der Waals surface area contributed by atoms with Gasteiger partial charge in [-0.2, -0.15) is 5.10 Å². The van der Waals surface area contributed by atoms with E-state index in [4.69, 9.17) is 9.84 Å². The van der Waals surface area contributed by atoms with Crippen LogP contribution in [-0.4, -0.2) is 28.0 Å². The number of aryl methyl sites for hydroxylation is 1. The minimum atomic E-state index is -0.879. The van der Waals surface area contributed by atoms with E-state index in [0.29, 0.717) is 5.69 Å². The van der Waals surface area contributed by atoms with Gasteiger partial charge in [0.1, 0.15) is 5.75 Å². The predicted molar refractivity (Wildman–Crippen MR) is 58.6 cm³/mol. The number of aromatic nitrogens is 2. The largest absolute Gasteiger partial charge is 0.497 e. The third-order valence-corrected chi connectivity index (χ3v) is 2.45. The van der Waals surface area contributed by atoms with Crippen LogP contribution < -0.4 is 4.74 Å². The lowest BCUT2D eigenvalue weighted by Crippen LogP contribution is -2.01. The molecule has 1 heterocycles. The molecular weight excluding hydrogens is 208 g/mol. The Morgan fingerprint density at radius 2 is 2.31 bits per heavy atom. The number of aliphatic carboxylic acids is 1. The Hall–Kier alpha value is -2.04.